The summed E-state index contributed by atoms with van der Waals surface area (Å²) in [6, 6.07) is 11.1. The molecular formula is C25H34ClN3O5. The third-order valence-corrected chi connectivity index (χ3v) is 5.58. The topological polar surface area (TPSA) is 72.5 Å². The molecule has 186 valence electrons. The number of carbonyl (C=O) groups excluding carboxylic acids is 1. The van der Waals surface area contributed by atoms with Crippen LogP contribution >= 0.6 is 11.6 Å². The van der Waals surface area contributed by atoms with Gasteiger partial charge in [0.05, 0.1) is 49.4 Å². The fourth-order valence-electron chi connectivity index (χ4n) is 3.63. The number of amides is 1. The van der Waals surface area contributed by atoms with Gasteiger partial charge in [0.25, 0.3) is 0 Å². The predicted molar refractivity (Wildman–Crippen MR) is 135 cm³/mol. The van der Waals surface area contributed by atoms with Crippen LogP contribution in [0.1, 0.15) is 13.8 Å². The number of para-hydroxylation sites is 1. The Hall–Kier alpha value is -2.68. The highest BCUT2D eigenvalue weighted by molar-refractivity contribution is 6.32. The molecule has 1 aliphatic rings. The summed E-state index contributed by atoms with van der Waals surface area (Å²) in [5, 5.41) is 3.55. The maximum Gasteiger partial charge on any atom is 0.238 e. The second kappa shape index (κ2) is 13.3. The molecule has 3 rings (SSSR count). The molecule has 9 heteroatoms. The van der Waals surface area contributed by atoms with Gasteiger partial charge in [-0.15, -0.1) is 0 Å². The number of likely N-dealkylation sites (N-methyl/N-ethyl adjacent to an activating group) is 1. The van der Waals surface area contributed by atoms with E-state index in [4.69, 9.17) is 30.5 Å². The van der Waals surface area contributed by atoms with Crippen LogP contribution in [0.15, 0.2) is 36.4 Å². The zero-order chi connectivity index (χ0) is 24.3. The summed E-state index contributed by atoms with van der Waals surface area (Å²) >= 11 is 6.12. The van der Waals surface area contributed by atoms with Crippen molar-refractivity contribution in [1.29, 1.82) is 0 Å². The molecule has 0 unspecified atom stereocenters. The van der Waals surface area contributed by atoms with E-state index in [-0.39, 0.29) is 12.5 Å². The predicted octanol–water partition coefficient (Wildman–Crippen LogP) is 3.92. The Bertz CT molecular complexity index is 937. The van der Waals surface area contributed by atoms with Crippen LogP contribution in [0.5, 0.6) is 17.2 Å². The number of nitrogens with one attached hydrogen (secondary N) is 1. The lowest BCUT2D eigenvalue weighted by Gasteiger charge is -2.31. The largest absolute Gasteiger partial charge is 0.492 e. The summed E-state index contributed by atoms with van der Waals surface area (Å²) in [6.45, 7) is 8.94. The maximum atomic E-state index is 12.8. The molecule has 1 saturated heterocycles. The number of carbonyl (C=O) groups is 1. The fourth-order valence-corrected chi connectivity index (χ4v) is 3.82. The molecule has 0 radical (unpaired) electrons. The van der Waals surface area contributed by atoms with Gasteiger partial charge in [0.15, 0.2) is 0 Å². The van der Waals surface area contributed by atoms with E-state index >= 15 is 0 Å². The van der Waals surface area contributed by atoms with Gasteiger partial charge in [0, 0.05) is 31.8 Å². The van der Waals surface area contributed by atoms with Gasteiger partial charge >= 0.3 is 0 Å². The fraction of sp³-hybridized carbons (Fsp3) is 0.480. The van der Waals surface area contributed by atoms with Crippen molar-refractivity contribution in [3.8, 4) is 17.2 Å². The van der Waals surface area contributed by atoms with Crippen LogP contribution in [-0.2, 0) is 9.53 Å². The van der Waals surface area contributed by atoms with Crippen LogP contribution in [0.4, 0.5) is 11.4 Å². The standard InChI is InChI=1S/C25H34ClN3O5/c1-4-32-23-17-21(29-11-13-31-14-12-29)24(33-5-2)16-20(23)27-25(30)18-28(3)10-15-34-22-9-7-6-8-19(22)26/h6-9,16-17H,4-5,10-15,18H2,1-3H3,(H,27,30). The molecule has 1 N–H and O–H groups in total. The first-order chi connectivity index (χ1) is 16.5. The molecule has 1 aliphatic heterocycles. The number of anilines is 2. The number of morpholine rings is 1. The minimum atomic E-state index is -0.150. The monoisotopic (exact) mass is 491 g/mol. The van der Waals surface area contributed by atoms with Crippen LogP contribution in [0.3, 0.4) is 0 Å². The first kappa shape index (κ1) is 25.9. The van der Waals surface area contributed by atoms with Crippen molar-refractivity contribution in [1.82, 2.24) is 4.90 Å². The van der Waals surface area contributed by atoms with Gasteiger partial charge in [-0.05, 0) is 33.0 Å². The van der Waals surface area contributed by atoms with E-state index in [0.29, 0.717) is 67.5 Å². The van der Waals surface area contributed by atoms with Crippen LogP contribution in [0.25, 0.3) is 0 Å². The van der Waals surface area contributed by atoms with Crippen molar-refractivity contribution in [3.05, 3.63) is 41.4 Å². The van der Waals surface area contributed by atoms with Crippen molar-refractivity contribution in [3.63, 3.8) is 0 Å². The molecule has 34 heavy (non-hydrogen) atoms. The quantitative estimate of drug-likeness (QED) is 0.482. The number of hydrogen-bond donors (Lipinski definition) is 1. The molecule has 2 aromatic carbocycles. The number of nitrogens with zero attached hydrogens (tertiary/aromatic N) is 2. The van der Waals surface area contributed by atoms with E-state index in [1.54, 1.807) is 6.07 Å². The first-order valence-electron chi connectivity index (χ1n) is 11.6. The smallest absolute Gasteiger partial charge is 0.238 e. The Labute approximate surface area is 206 Å². The van der Waals surface area contributed by atoms with E-state index < -0.39 is 0 Å². The lowest BCUT2D eigenvalue weighted by molar-refractivity contribution is -0.117. The zero-order valence-electron chi connectivity index (χ0n) is 20.1. The molecule has 0 spiro atoms. The van der Waals surface area contributed by atoms with Crippen molar-refractivity contribution >= 4 is 28.9 Å². The molecule has 8 nitrogen and oxygen atoms in total. The van der Waals surface area contributed by atoms with Crippen LogP contribution in [-0.4, -0.2) is 77.1 Å². The van der Waals surface area contributed by atoms with Gasteiger partial charge in [-0.25, -0.2) is 0 Å². The van der Waals surface area contributed by atoms with E-state index in [9.17, 15) is 4.79 Å². The lowest BCUT2D eigenvalue weighted by atomic mass is 10.2. The van der Waals surface area contributed by atoms with Gasteiger partial charge in [-0.1, -0.05) is 23.7 Å². The minimum absolute atomic E-state index is 0.150. The Morgan fingerprint density at radius 2 is 1.76 bits per heavy atom. The Kier molecular flexibility index (Phi) is 10.1. The number of rotatable bonds is 12. The normalized spacial score (nSPS) is 13.6. The highest BCUT2D eigenvalue weighted by atomic mass is 35.5. The Balaban J connectivity index is 1.63. The number of ether oxygens (including phenoxy) is 4. The van der Waals surface area contributed by atoms with Gasteiger partial charge in [-0.2, -0.15) is 0 Å². The summed E-state index contributed by atoms with van der Waals surface area (Å²) in [5.41, 5.74) is 1.54. The second-order valence-electron chi connectivity index (χ2n) is 7.85. The molecule has 0 bridgehead atoms. The molecule has 1 heterocycles. The number of benzene rings is 2. The van der Waals surface area contributed by atoms with Crippen molar-refractivity contribution in [2.75, 3.05) is 76.5 Å². The second-order valence-corrected chi connectivity index (χ2v) is 8.25. The highest BCUT2D eigenvalue weighted by Gasteiger charge is 2.20. The molecular weight excluding hydrogens is 458 g/mol. The van der Waals surface area contributed by atoms with Crippen LogP contribution in [0, 0.1) is 0 Å². The van der Waals surface area contributed by atoms with Crippen LogP contribution < -0.4 is 24.4 Å². The highest BCUT2D eigenvalue weighted by Crippen LogP contribution is 2.39. The van der Waals surface area contributed by atoms with Gasteiger partial charge in [0.2, 0.25) is 5.91 Å². The van der Waals surface area contributed by atoms with Crippen molar-refractivity contribution in [2.24, 2.45) is 0 Å². The maximum absolute atomic E-state index is 12.8. The van der Waals surface area contributed by atoms with Gasteiger partial charge in [-0.3, -0.25) is 9.69 Å². The number of hydrogen-bond acceptors (Lipinski definition) is 7. The molecule has 0 atom stereocenters. The minimum Gasteiger partial charge on any atom is -0.492 e. The van der Waals surface area contributed by atoms with Gasteiger partial charge < -0.3 is 29.2 Å². The van der Waals surface area contributed by atoms with E-state index in [0.717, 1.165) is 18.8 Å². The van der Waals surface area contributed by atoms with Crippen molar-refractivity contribution in [2.45, 2.75) is 13.8 Å². The SMILES string of the molecule is CCOc1cc(N2CCOCC2)c(OCC)cc1NC(=O)CN(C)CCOc1ccccc1Cl. The van der Waals surface area contributed by atoms with Gasteiger partial charge in [0.1, 0.15) is 23.9 Å². The zero-order valence-corrected chi connectivity index (χ0v) is 20.9. The average molecular weight is 492 g/mol. The summed E-state index contributed by atoms with van der Waals surface area (Å²) < 4.78 is 23.0. The molecule has 0 aliphatic carbocycles. The van der Waals surface area contributed by atoms with Crippen molar-refractivity contribution < 1.29 is 23.7 Å². The first-order valence-corrected chi connectivity index (χ1v) is 12.0. The third kappa shape index (κ3) is 7.41. The summed E-state index contributed by atoms with van der Waals surface area (Å²) in [4.78, 5) is 16.9. The summed E-state index contributed by atoms with van der Waals surface area (Å²) in [5.74, 6) is 1.81. The Morgan fingerprint density at radius 1 is 1.06 bits per heavy atom. The third-order valence-electron chi connectivity index (χ3n) is 5.27. The molecule has 1 fully saturated rings. The summed E-state index contributed by atoms with van der Waals surface area (Å²) in [7, 11) is 1.87. The number of halogens is 1. The summed E-state index contributed by atoms with van der Waals surface area (Å²) in [6.07, 6.45) is 0. The van der Waals surface area contributed by atoms with E-state index in [1.165, 1.54) is 0 Å². The lowest BCUT2D eigenvalue weighted by Crippen LogP contribution is -2.36. The molecule has 0 saturated carbocycles. The Morgan fingerprint density at radius 3 is 2.47 bits per heavy atom. The molecule has 1 amide bonds. The van der Waals surface area contributed by atoms with E-state index in [2.05, 4.69) is 10.2 Å². The molecule has 0 aromatic heterocycles. The average Bonchev–Trinajstić information content (AvgIpc) is 2.82. The van der Waals surface area contributed by atoms with Crippen LogP contribution in [0.2, 0.25) is 5.02 Å². The molecule has 2 aromatic rings. The van der Waals surface area contributed by atoms with E-state index in [1.807, 2.05) is 56.1 Å².